The van der Waals surface area contributed by atoms with E-state index in [9.17, 15) is 0 Å². The first-order valence-electron chi connectivity index (χ1n) is 4.98. The van der Waals surface area contributed by atoms with Gasteiger partial charge in [-0.15, -0.1) is 0 Å². The van der Waals surface area contributed by atoms with E-state index in [1.54, 1.807) is 0 Å². The average molecular weight is 167 g/mol. The maximum atomic E-state index is 5.57. The number of hydrogen-bond donors (Lipinski definition) is 1. The number of rotatable bonds is 4. The summed E-state index contributed by atoms with van der Waals surface area (Å²) >= 11 is 0. The van der Waals surface area contributed by atoms with E-state index < -0.39 is 0 Å². The third-order valence-electron chi connectivity index (χ3n) is 2.56. The summed E-state index contributed by atoms with van der Waals surface area (Å²) in [4.78, 5) is 0. The van der Waals surface area contributed by atoms with Crippen molar-refractivity contribution in [3.63, 3.8) is 0 Å². The topological polar surface area (TPSA) is 21.3 Å². The van der Waals surface area contributed by atoms with Crippen molar-refractivity contribution in [2.45, 2.75) is 32.2 Å². The lowest BCUT2D eigenvalue weighted by Crippen LogP contribution is -2.32. The van der Waals surface area contributed by atoms with E-state index >= 15 is 0 Å². The van der Waals surface area contributed by atoms with Crippen LogP contribution in [0.2, 0.25) is 0 Å². The van der Waals surface area contributed by atoms with Gasteiger partial charge in [-0.25, -0.2) is 0 Å². The third-order valence-corrected chi connectivity index (χ3v) is 2.56. The lowest BCUT2D eigenvalue weighted by molar-refractivity contribution is 0.209. The molecule has 1 aliphatic heterocycles. The zero-order valence-electron chi connectivity index (χ0n) is 7.68. The summed E-state index contributed by atoms with van der Waals surface area (Å²) in [7, 11) is 0. The molecule has 68 valence electrons. The number of nitrogens with one attached hydrogen (secondary N) is 1. The van der Waals surface area contributed by atoms with E-state index in [0.717, 1.165) is 25.5 Å². The number of hydrogen-bond acceptors (Lipinski definition) is 2. The fraction of sp³-hybridized carbons (Fsp3) is 0.800. The van der Waals surface area contributed by atoms with Gasteiger partial charge in [0.2, 0.25) is 0 Å². The van der Waals surface area contributed by atoms with Gasteiger partial charge < -0.3 is 10.1 Å². The van der Waals surface area contributed by atoms with E-state index in [-0.39, 0.29) is 0 Å². The van der Waals surface area contributed by atoms with Gasteiger partial charge in [0, 0.05) is 6.42 Å². The Labute approximate surface area is 74.0 Å². The van der Waals surface area contributed by atoms with Gasteiger partial charge in [0.25, 0.3) is 0 Å². The summed E-state index contributed by atoms with van der Waals surface area (Å²) in [5, 5.41) is 3.49. The van der Waals surface area contributed by atoms with E-state index in [1.807, 2.05) is 0 Å². The SMILES string of the molecule is CCNC(C1=CCCO1)C1CC1. The Bertz CT molecular complexity index is 184. The molecule has 0 aromatic rings. The molecule has 0 aromatic heterocycles. The zero-order chi connectivity index (χ0) is 8.39. The van der Waals surface area contributed by atoms with Crippen LogP contribution in [0.4, 0.5) is 0 Å². The van der Waals surface area contributed by atoms with Crippen molar-refractivity contribution in [2.24, 2.45) is 5.92 Å². The maximum absolute atomic E-state index is 5.57. The minimum Gasteiger partial charge on any atom is -0.496 e. The minimum absolute atomic E-state index is 0.525. The van der Waals surface area contributed by atoms with Crippen molar-refractivity contribution in [3.05, 3.63) is 11.8 Å². The predicted molar refractivity (Wildman–Crippen MR) is 48.8 cm³/mol. The monoisotopic (exact) mass is 167 g/mol. The highest BCUT2D eigenvalue weighted by molar-refractivity contribution is 5.11. The number of likely N-dealkylation sites (N-methyl/N-ethyl adjacent to an activating group) is 1. The summed E-state index contributed by atoms with van der Waals surface area (Å²) < 4.78 is 5.57. The lowest BCUT2D eigenvalue weighted by Gasteiger charge is -2.18. The highest BCUT2D eigenvalue weighted by atomic mass is 16.5. The van der Waals surface area contributed by atoms with Gasteiger partial charge in [-0.2, -0.15) is 0 Å². The molecule has 0 aromatic carbocycles. The Balaban J connectivity index is 1.94. The minimum atomic E-state index is 0.525. The fourth-order valence-electron chi connectivity index (χ4n) is 1.80. The molecule has 1 atom stereocenters. The molecule has 0 spiro atoms. The summed E-state index contributed by atoms with van der Waals surface area (Å²) in [6.45, 7) is 4.09. The van der Waals surface area contributed by atoms with Crippen LogP contribution in [0.15, 0.2) is 11.8 Å². The molecule has 1 saturated carbocycles. The van der Waals surface area contributed by atoms with Gasteiger partial charge >= 0.3 is 0 Å². The molecule has 1 N–H and O–H groups in total. The van der Waals surface area contributed by atoms with Gasteiger partial charge in [-0.05, 0) is 31.4 Å². The van der Waals surface area contributed by atoms with Crippen molar-refractivity contribution in [1.29, 1.82) is 0 Å². The Kier molecular flexibility index (Phi) is 2.35. The van der Waals surface area contributed by atoms with Crippen LogP contribution in [0.1, 0.15) is 26.2 Å². The Hall–Kier alpha value is -0.500. The van der Waals surface area contributed by atoms with Crippen LogP contribution in [-0.4, -0.2) is 19.2 Å². The average Bonchev–Trinajstić information content (AvgIpc) is 2.77. The van der Waals surface area contributed by atoms with Crippen molar-refractivity contribution >= 4 is 0 Å². The molecule has 1 unspecified atom stereocenters. The van der Waals surface area contributed by atoms with E-state index in [1.165, 1.54) is 18.6 Å². The highest BCUT2D eigenvalue weighted by Crippen LogP contribution is 2.36. The predicted octanol–water partition coefficient (Wildman–Crippen LogP) is 1.68. The maximum Gasteiger partial charge on any atom is 0.109 e. The van der Waals surface area contributed by atoms with Crippen LogP contribution in [-0.2, 0) is 4.74 Å². The second kappa shape index (κ2) is 3.48. The molecule has 12 heavy (non-hydrogen) atoms. The first-order chi connectivity index (χ1) is 5.92. The second-order valence-corrected chi connectivity index (χ2v) is 3.62. The molecule has 0 saturated heterocycles. The normalized spacial score (nSPS) is 24.9. The first-order valence-corrected chi connectivity index (χ1v) is 4.98. The molecule has 1 fully saturated rings. The van der Waals surface area contributed by atoms with Gasteiger partial charge in [0.15, 0.2) is 0 Å². The van der Waals surface area contributed by atoms with Gasteiger partial charge in [-0.1, -0.05) is 6.92 Å². The van der Waals surface area contributed by atoms with Crippen molar-refractivity contribution in [2.75, 3.05) is 13.2 Å². The van der Waals surface area contributed by atoms with Crippen molar-refractivity contribution < 1.29 is 4.74 Å². The van der Waals surface area contributed by atoms with Crippen LogP contribution in [0.25, 0.3) is 0 Å². The van der Waals surface area contributed by atoms with Crippen molar-refractivity contribution in [1.82, 2.24) is 5.32 Å². The van der Waals surface area contributed by atoms with Crippen LogP contribution >= 0.6 is 0 Å². The van der Waals surface area contributed by atoms with Gasteiger partial charge in [0.05, 0.1) is 12.6 Å². The summed E-state index contributed by atoms with van der Waals surface area (Å²) in [6.07, 6.45) is 6.09. The third kappa shape index (κ3) is 1.63. The Morgan fingerprint density at radius 1 is 1.67 bits per heavy atom. The van der Waals surface area contributed by atoms with E-state index in [2.05, 4.69) is 18.3 Å². The molecule has 0 radical (unpaired) electrons. The standard InChI is InChI=1S/C10H17NO/c1-2-11-10(8-5-6-8)9-4-3-7-12-9/h4,8,10-11H,2-3,5-7H2,1H3. The largest absolute Gasteiger partial charge is 0.496 e. The molecule has 2 rings (SSSR count). The molecule has 2 aliphatic rings. The molecule has 1 heterocycles. The van der Waals surface area contributed by atoms with E-state index in [0.29, 0.717) is 6.04 Å². The smallest absolute Gasteiger partial charge is 0.109 e. The second-order valence-electron chi connectivity index (χ2n) is 3.62. The molecule has 0 amide bonds. The van der Waals surface area contributed by atoms with Crippen LogP contribution < -0.4 is 5.32 Å². The van der Waals surface area contributed by atoms with Crippen LogP contribution in [0.3, 0.4) is 0 Å². The van der Waals surface area contributed by atoms with Gasteiger partial charge in [-0.3, -0.25) is 0 Å². The Morgan fingerprint density at radius 3 is 3.00 bits per heavy atom. The molecular weight excluding hydrogens is 150 g/mol. The molecule has 0 bridgehead atoms. The quantitative estimate of drug-likeness (QED) is 0.688. The molecule has 1 aliphatic carbocycles. The molecule has 2 nitrogen and oxygen atoms in total. The zero-order valence-corrected chi connectivity index (χ0v) is 7.68. The number of ether oxygens (including phenoxy) is 1. The summed E-state index contributed by atoms with van der Waals surface area (Å²) in [5.74, 6) is 2.06. The van der Waals surface area contributed by atoms with E-state index in [4.69, 9.17) is 4.74 Å². The molecular formula is C10H17NO. The van der Waals surface area contributed by atoms with Crippen LogP contribution in [0, 0.1) is 5.92 Å². The summed E-state index contributed by atoms with van der Waals surface area (Å²) in [5.41, 5.74) is 0. The fourth-order valence-corrected chi connectivity index (χ4v) is 1.80. The molecule has 2 heteroatoms. The first kappa shape index (κ1) is 8.11. The lowest BCUT2D eigenvalue weighted by atomic mass is 10.1. The highest BCUT2D eigenvalue weighted by Gasteiger charge is 2.34. The van der Waals surface area contributed by atoms with Crippen LogP contribution in [0.5, 0.6) is 0 Å². The van der Waals surface area contributed by atoms with Gasteiger partial charge in [0.1, 0.15) is 5.76 Å². The van der Waals surface area contributed by atoms with Crippen molar-refractivity contribution in [3.8, 4) is 0 Å². The Morgan fingerprint density at radius 2 is 2.50 bits per heavy atom. The summed E-state index contributed by atoms with van der Waals surface area (Å²) in [6, 6.07) is 0.525.